The summed E-state index contributed by atoms with van der Waals surface area (Å²) in [4.78, 5) is 44.2. The average Bonchev–Trinajstić information content (AvgIpc) is 3.11. The van der Waals surface area contributed by atoms with E-state index in [2.05, 4.69) is 19.7 Å². The van der Waals surface area contributed by atoms with Crippen molar-refractivity contribution in [1.29, 1.82) is 0 Å². The molecule has 0 radical (unpaired) electrons. The van der Waals surface area contributed by atoms with Crippen molar-refractivity contribution >= 4 is 30.5 Å². The number of aliphatic carboxylic acids is 1. The third-order valence-corrected chi connectivity index (χ3v) is 4.84. The van der Waals surface area contributed by atoms with Crippen molar-refractivity contribution in [3.63, 3.8) is 0 Å². The molecule has 148 valence electrons. The van der Waals surface area contributed by atoms with Crippen LogP contribution in [-0.4, -0.2) is 66.5 Å². The minimum Gasteiger partial charge on any atom is -0.809 e. The summed E-state index contributed by atoms with van der Waals surface area (Å²) in [5, 5.41) is 31.0. The maximum Gasteiger partial charge on any atom is 1.00 e. The van der Waals surface area contributed by atoms with Gasteiger partial charge >= 0.3 is 88.7 Å². The number of ether oxygens (including phenoxy) is 2. The van der Waals surface area contributed by atoms with Gasteiger partial charge in [-0.25, -0.2) is 15.0 Å². The summed E-state index contributed by atoms with van der Waals surface area (Å²) in [6, 6.07) is 0. The molecule has 2 aromatic heterocycles. The van der Waals surface area contributed by atoms with Gasteiger partial charge in [-0.1, -0.05) is 0 Å². The minimum absolute atomic E-state index is 0. The Morgan fingerprint density at radius 2 is 1.90 bits per heavy atom. The molecule has 3 heterocycles. The predicted molar refractivity (Wildman–Crippen MR) is 78.0 cm³/mol. The number of carbonyl (C=O) groups is 1. The first kappa shape index (κ1) is 30.8. The summed E-state index contributed by atoms with van der Waals surface area (Å²) in [6.45, 7) is -0.814. The second-order valence-electron chi connectivity index (χ2n) is 5.67. The van der Waals surface area contributed by atoms with Crippen LogP contribution >= 0.6 is 7.60 Å². The Balaban J connectivity index is 0.00000280. The van der Waals surface area contributed by atoms with Crippen LogP contribution in [0.25, 0.3) is 11.2 Å². The number of nitrogens with two attached hydrogens (primary N) is 1. The molecule has 1 unspecified atom stereocenters. The number of anilines is 1. The smallest absolute Gasteiger partial charge is 0.809 e. The van der Waals surface area contributed by atoms with Gasteiger partial charge in [0.15, 0.2) is 17.7 Å². The van der Waals surface area contributed by atoms with Gasteiger partial charge in [0.25, 0.3) is 0 Å². The summed E-state index contributed by atoms with van der Waals surface area (Å²) >= 11 is 0. The standard InChI is InChI=1S/C12H16N5O9P.3Na/c13-8-5-9(15-2-14-8)17(3-16-5)10-7(19)6(18)4(26-10)1-25-12(11(20)21)27(22,23)24;;;/h2-4,6-7,10,12,18-19H,1H2,(H,20,21)(H2,13,14,15)(H2,22,23,24);;;/q;3*+1/p-3/t4-,6-,7-,10-,12?;;;/m1.../s1. The summed E-state index contributed by atoms with van der Waals surface area (Å²) in [5.41, 5.74) is 6.07. The maximum absolute atomic E-state index is 10.9. The normalized spacial score (nSPS) is 24.4. The van der Waals surface area contributed by atoms with Crippen LogP contribution in [0.4, 0.5) is 5.82 Å². The molecule has 0 saturated carbocycles. The minimum atomic E-state index is -5.66. The van der Waals surface area contributed by atoms with Crippen LogP contribution in [0.1, 0.15) is 6.23 Å². The summed E-state index contributed by atoms with van der Waals surface area (Å²) < 4.78 is 22.1. The number of fused-ring (bicyclic) bond motifs is 1. The number of carboxylic acids is 1. The van der Waals surface area contributed by atoms with Crippen LogP contribution in [0.3, 0.4) is 0 Å². The molecule has 3 rings (SSSR count). The fraction of sp³-hybridized carbons (Fsp3) is 0.500. The Hall–Kier alpha value is 0.810. The van der Waals surface area contributed by atoms with Gasteiger partial charge in [-0.2, -0.15) is 0 Å². The fourth-order valence-electron chi connectivity index (χ4n) is 2.63. The maximum atomic E-state index is 10.9. The van der Waals surface area contributed by atoms with Gasteiger partial charge in [-0.05, 0) is 7.60 Å². The molecule has 0 amide bonds. The summed E-state index contributed by atoms with van der Waals surface area (Å²) in [7, 11) is -5.66. The van der Waals surface area contributed by atoms with E-state index >= 15 is 0 Å². The van der Waals surface area contributed by atoms with E-state index in [4.69, 9.17) is 10.5 Å². The number of aliphatic hydroxyl groups excluding tert-OH is 2. The molecular weight excluding hydrogens is 458 g/mol. The third-order valence-electron chi connectivity index (χ3n) is 3.91. The van der Waals surface area contributed by atoms with Crippen LogP contribution in [0, 0.1) is 0 Å². The largest absolute Gasteiger partial charge is 1.00 e. The van der Waals surface area contributed by atoms with Crippen molar-refractivity contribution in [2.75, 3.05) is 12.3 Å². The van der Waals surface area contributed by atoms with Gasteiger partial charge in [0, 0.05) is 0 Å². The van der Waals surface area contributed by atoms with Gasteiger partial charge in [0.05, 0.1) is 18.9 Å². The number of aromatic nitrogens is 4. The van der Waals surface area contributed by atoms with Gasteiger partial charge < -0.3 is 49.7 Å². The molecular formula is C12H13N5Na3O9P. The van der Waals surface area contributed by atoms with E-state index in [-0.39, 0.29) is 106 Å². The van der Waals surface area contributed by atoms with Gasteiger partial charge in [-0.15, -0.1) is 0 Å². The van der Waals surface area contributed by atoms with E-state index < -0.39 is 50.6 Å². The number of hydrogen-bond donors (Lipinski definition) is 3. The van der Waals surface area contributed by atoms with Crippen LogP contribution in [0.15, 0.2) is 12.7 Å². The second kappa shape index (κ2) is 12.3. The first-order chi connectivity index (χ1) is 12.6. The van der Waals surface area contributed by atoms with E-state index in [0.29, 0.717) is 0 Å². The number of imidazole rings is 1. The average molecular weight is 471 g/mol. The first-order valence-corrected chi connectivity index (χ1v) is 9.01. The van der Waals surface area contributed by atoms with Crippen molar-refractivity contribution in [1.82, 2.24) is 19.5 Å². The Kier molecular flexibility index (Phi) is 12.7. The van der Waals surface area contributed by atoms with Crippen molar-refractivity contribution in [2.45, 2.75) is 30.4 Å². The monoisotopic (exact) mass is 471 g/mol. The van der Waals surface area contributed by atoms with Gasteiger partial charge in [0.2, 0.25) is 0 Å². The molecule has 0 aromatic carbocycles. The molecule has 14 nitrogen and oxygen atoms in total. The van der Waals surface area contributed by atoms with E-state index in [1.807, 2.05) is 0 Å². The molecule has 2 aromatic rings. The number of hydrogen-bond acceptors (Lipinski definition) is 13. The summed E-state index contributed by atoms with van der Waals surface area (Å²) in [6.07, 6.45) is -3.31. The molecule has 0 bridgehead atoms. The zero-order valence-electron chi connectivity index (χ0n) is 16.3. The Morgan fingerprint density at radius 1 is 1.27 bits per heavy atom. The zero-order chi connectivity index (χ0) is 19.9. The quantitative estimate of drug-likeness (QED) is 0.263. The van der Waals surface area contributed by atoms with Crippen LogP contribution < -0.4 is 109 Å². The molecule has 0 spiro atoms. The number of nitrogens with zero attached hydrogens (tertiary/aromatic N) is 4. The van der Waals surface area contributed by atoms with Crippen molar-refractivity contribution in [2.24, 2.45) is 0 Å². The number of nitrogen functional groups attached to an aromatic ring is 1. The summed E-state index contributed by atoms with van der Waals surface area (Å²) in [5.74, 6) is -4.93. The van der Waals surface area contributed by atoms with Crippen molar-refractivity contribution in [3.05, 3.63) is 12.7 Å². The second-order valence-corrected chi connectivity index (χ2v) is 7.22. The fourth-order valence-corrected chi connectivity index (χ4v) is 3.15. The molecule has 4 N–H and O–H groups in total. The van der Waals surface area contributed by atoms with Gasteiger partial charge in [-0.3, -0.25) is 4.57 Å². The molecule has 1 aliphatic rings. The number of carbonyl (C=O) groups excluding carboxylic acids is 1. The van der Waals surface area contributed by atoms with Gasteiger partial charge in [0.1, 0.15) is 36.0 Å². The predicted octanol–water partition coefficient (Wildman–Crippen LogP) is -14.0. The molecule has 1 fully saturated rings. The van der Waals surface area contributed by atoms with Crippen LogP contribution in [-0.2, 0) is 18.8 Å². The Labute approximate surface area is 235 Å². The SMILES string of the molecule is Nc1ncnc2c1ncn2[C@@H]1O[C@H](COC(C(=O)[O-])P(=O)([O-])[O-])[C@@H](O)[C@H]1O.[Na+].[Na+].[Na+]. The Bertz CT molecular complexity index is 915. The topological polar surface area (TPSA) is 232 Å². The number of carboxylic acid groups (broad SMARTS) is 1. The third kappa shape index (κ3) is 6.44. The molecule has 0 aliphatic carbocycles. The Morgan fingerprint density at radius 3 is 2.47 bits per heavy atom. The molecule has 1 saturated heterocycles. The molecule has 1 aliphatic heterocycles. The molecule has 5 atom stereocenters. The van der Waals surface area contributed by atoms with Crippen molar-refractivity contribution in [3.8, 4) is 0 Å². The van der Waals surface area contributed by atoms with E-state index in [1.165, 1.54) is 10.9 Å². The van der Waals surface area contributed by atoms with E-state index in [9.17, 15) is 34.5 Å². The van der Waals surface area contributed by atoms with Crippen LogP contribution in [0.5, 0.6) is 0 Å². The molecule has 18 heteroatoms. The van der Waals surface area contributed by atoms with E-state index in [1.54, 1.807) is 0 Å². The number of rotatable bonds is 6. The van der Waals surface area contributed by atoms with Crippen LogP contribution in [0.2, 0.25) is 0 Å². The first-order valence-electron chi connectivity index (χ1n) is 7.40. The van der Waals surface area contributed by atoms with E-state index in [0.717, 1.165) is 6.33 Å². The number of aliphatic hydroxyl groups is 2. The van der Waals surface area contributed by atoms with Crippen molar-refractivity contribution < 1.29 is 133 Å². The molecule has 30 heavy (non-hydrogen) atoms. The zero-order valence-corrected chi connectivity index (χ0v) is 23.2.